The summed E-state index contributed by atoms with van der Waals surface area (Å²) in [6.45, 7) is 0. The van der Waals surface area contributed by atoms with Gasteiger partial charge in [0.25, 0.3) is 0 Å². The molecular weight excluding hydrogens is 335 g/mol. The molecule has 0 saturated carbocycles. The Morgan fingerprint density at radius 1 is 0.800 bits per heavy atom. The summed E-state index contributed by atoms with van der Waals surface area (Å²) < 4.78 is 19.1. The number of nitrogens with two attached hydrogens (primary N) is 1. The first kappa shape index (κ1) is 15.4. The summed E-state index contributed by atoms with van der Waals surface area (Å²) in [6.07, 6.45) is 2.92. The van der Waals surface area contributed by atoms with E-state index in [0.717, 1.165) is 22.4 Å². The van der Waals surface area contributed by atoms with Crippen molar-refractivity contribution in [3.63, 3.8) is 0 Å². The van der Waals surface area contributed by atoms with Crippen LogP contribution in [0.4, 0.5) is 10.2 Å². The van der Waals surface area contributed by atoms with Crippen LogP contribution in [0.3, 0.4) is 0 Å². The monoisotopic (exact) mass is 348 g/mol. The molecule has 4 rings (SSSR count). The van der Waals surface area contributed by atoms with E-state index in [4.69, 9.17) is 5.73 Å². The third kappa shape index (κ3) is 2.88. The Morgan fingerprint density at radius 2 is 1.60 bits per heavy atom. The molecule has 2 aromatic carbocycles. The fourth-order valence-electron chi connectivity index (χ4n) is 2.77. The molecule has 2 aromatic heterocycles. The first-order valence-electron chi connectivity index (χ1n) is 7.60. The van der Waals surface area contributed by atoms with Crippen LogP contribution in [-0.4, -0.2) is 14.3 Å². The largest absolute Gasteiger partial charge is 0.382 e. The van der Waals surface area contributed by atoms with Gasteiger partial charge in [-0.15, -0.1) is 0 Å². The summed E-state index contributed by atoms with van der Waals surface area (Å²) in [6, 6.07) is 14.7. The summed E-state index contributed by atoms with van der Waals surface area (Å²) in [5.74, 6) is -0.0610. The summed E-state index contributed by atoms with van der Waals surface area (Å²) in [5, 5.41) is 1.92. The van der Waals surface area contributed by atoms with E-state index in [2.05, 4.69) is 14.3 Å². The second kappa shape index (κ2) is 6.41. The molecule has 0 aliphatic rings. The fraction of sp³-hybridized carbons (Fsp3) is 0. The number of hydrogen-bond acceptors (Lipinski definition) is 5. The van der Waals surface area contributed by atoms with Gasteiger partial charge in [-0.2, -0.15) is 4.37 Å². The highest BCUT2D eigenvalue weighted by Crippen LogP contribution is 2.38. The Bertz CT molecular complexity index is 1010. The summed E-state index contributed by atoms with van der Waals surface area (Å²) in [4.78, 5) is 8.29. The van der Waals surface area contributed by atoms with Crippen LogP contribution in [0.2, 0.25) is 0 Å². The van der Waals surface area contributed by atoms with E-state index in [1.807, 2.05) is 41.8 Å². The van der Waals surface area contributed by atoms with Gasteiger partial charge >= 0.3 is 0 Å². The molecule has 4 aromatic rings. The molecule has 0 radical (unpaired) electrons. The van der Waals surface area contributed by atoms with Crippen LogP contribution in [0.25, 0.3) is 33.6 Å². The molecule has 6 heteroatoms. The first-order chi connectivity index (χ1) is 12.2. The molecule has 0 spiro atoms. The van der Waals surface area contributed by atoms with Crippen molar-refractivity contribution in [2.75, 3.05) is 5.73 Å². The lowest BCUT2D eigenvalue weighted by atomic mass is 9.92. The summed E-state index contributed by atoms with van der Waals surface area (Å²) in [7, 11) is 0. The van der Waals surface area contributed by atoms with Gasteiger partial charge in [-0.05, 0) is 34.8 Å². The van der Waals surface area contributed by atoms with Crippen LogP contribution < -0.4 is 5.73 Å². The molecule has 2 N–H and O–H groups in total. The van der Waals surface area contributed by atoms with Crippen molar-refractivity contribution in [1.82, 2.24) is 14.3 Å². The topological polar surface area (TPSA) is 64.7 Å². The van der Waals surface area contributed by atoms with Gasteiger partial charge < -0.3 is 5.73 Å². The molecule has 0 bridgehead atoms. The van der Waals surface area contributed by atoms with Gasteiger partial charge in [-0.25, -0.2) is 9.37 Å². The zero-order chi connectivity index (χ0) is 17.2. The van der Waals surface area contributed by atoms with Crippen LogP contribution in [0, 0.1) is 5.82 Å². The Balaban J connectivity index is 1.97. The molecule has 122 valence electrons. The Kier molecular flexibility index (Phi) is 3.95. The first-order valence-corrected chi connectivity index (χ1v) is 8.44. The van der Waals surface area contributed by atoms with E-state index in [1.54, 1.807) is 6.07 Å². The molecule has 0 aliphatic carbocycles. The lowest BCUT2D eigenvalue weighted by molar-refractivity contribution is 0.631. The molecule has 2 heterocycles. The second-order valence-electron chi connectivity index (χ2n) is 5.42. The van der Waals surface area contributed by atoms with Gasteiger partial charge in [0.2, 0.25) is 0 Å². The van der Waals surface area contributed by atoms with E-state index in [9.17, 15) is 4.39 Å². The van der Waals surface area contributed by atoms with Gasteiger partial charge in [-0.1, -0.05) is 36.4 Å². The van der Waals surface area contributed by atoms with Crippen molar-refractivity contribution in [1.29, 1.82) is 0 Å². The predicted octanol–water partition coefficient (Wildman–Crippen LogP) is 4.66. The van der Waals surface area contributed by atoms with Crippen molar-refractivity contribution in [2.24, 2.45) is 0 Å². The Labute approximate surface area is 148 Å². The number of halogens is 1. The molecule has 0 fully saturated rings. The van der Waals surface area contributed by atoms with Crippen LogP contribution in [0.5, 0.6) is 0 Å². The van der Waals surface area contributed by atoms with Crippen LogP contribution in [-0.2, 0) is 0 Å². The molecular formula is C19H13FN4S. The van der Waals surface area contributed by atoms with Gasteiger partial charge in [0.05, 0.1) is 23.8 Å². The van der Waals surface area contributed by atoms with E-state index in [-0.39, 0.29) is 5.82 Å². The third-order valence-electron chi connectivity index (χ3n) is 3.87. The van der Waals surface area contributed by atoms with E-state index in [1.165, 1.54) is 30.0 Å². The zero-order valence-electron chi connectivity index (χ0n) is 13.1. The van der Waals surface area contributed by atoms with Gasteiger partial charge in [0, 0.05) is 16.5 Å². The highest BCUT2D eigenvalue weighted by molar-refractivity contribution is 7.03. The minimum absolute atomic E-state index is 0.296. The average molecular weight is 348 g/mol. The molecule has 0 saturated heterocycles. The average Bonchev–Trinajstić information content (AvgIpc) is 3.17. The minimum Gasteiger partial charge on any atom is -0.382 e. The molecule has 0 aliphatic heterocycles. The molecule has 25 heavy (non-hydrogen) atoms. The minimum atomic E-state index is -0.357. The fourth-order valence-corrected chi connectivity index (χ4v) is 3.29. The quantitative estimate of drug-likeness (QED) is 0.585. The number of nitrogens with zero attached hydrogens (tertiary/aromatic N) is 3. The predicted molar refractivity (Wildman–Crippen MR) is 98.4 cm³/mol. The van der Waals surface area contributed by atoms with Crippen LogP contribution >= 0.6 is 11.5 Å². The number of rotatable bonds is 3. The number of hydrogen-bond donors (Lipinski definition) is 1. The van der Waals surface area contributed by atoms with Crippen LogP contribution in [0.1, 0.15) is 0 Å². The zero-order valence-corrected chi connectivity index (χ0v) is 13.9. The van der Waals surface area contributed by atoms with E-state index in [0.29, 0.717) is 17.1 Å². The number of aromatic nitrogens is 3. The normalized spacial score (nSPS) is 10.8. The lowest BCUT2D eigenvalue weighted by Gasteiger charge is -2.13. The Morgan fingerprint density at radius 3 is 2.32 bits per heavy atom. The molecule has 0 amide bonds. The SMILES string of the molecule is Nc1cnc(-c2c(F)cccc2-c2ccccc2-c2ccsn2)cn1. The highest BCUT2D eigenvalue weighted by Gasteiger charge is 2.17. The van der Waals surface area contributed by atoms with E-state index < -0.39 is 0 Å². The van der Waals surface area contributed by atoms with Gasteiger partial charge in [0.1, 0.15) is 11.6 Å². The van der Waals surface area contributed by atoms with Crippen molar-refractivity contribution < 1.29 is 4.39 Å². The highest BCUT2D eigenvalue weighted by atomic mass is 32.1. The number of anilines is 1. The van der Waals surface area contributed by atoms with Crippen molar-refractivity contribution in [3.8, 4) is 33.6 Å². The van der Waals surface area contributed by atoms with Gasteiger partial charge in [0.15, 0.2) is 0 Å². The summed E-state index contributed by atoms with van der Waals surface area (Å²) in [5.41, 5.74) is 9.88. The van der Waals surface area contributed by atoms with Crippen molar-refractivity contribution >= 4 is 17.4 Å². The number of benzene rings is 2. The summed E-state index contributed by atoms with van der Waals surface area (Å²) >= 11 is 1.38. The maximum Gasteiger partial charge on any atom is 0.141 e. The van der Waals surface area contributed by atoms with Crippen LogP contribution in [0.15, 0.2) is 66.3 Å². The van der Waals surface area contributed by atoms with E-state index >= 15 is 0 Å². The third-order valence-corrected chi connectivity index (χ3v) is 4.43. The van der Waals surface area contributed by atoms with Crippen molar-refractivity contribution in [2.45, 2.75) is 0 Å². The lowest BCUT2D eigenvalue weighted by Crippen LogP contribution is -1.97. The maximum atomic E-state index is 14.7. The van der Waals surface area contributed by atoms with Gasteiger partial charge in [-0.3, -0.25) is 4.98 Å². The molecule has 0 unspecified atom stereocenters. The van der Waals surface area contributed by atoms with Crippen molar-refractivity contribution in [3.05, 3.63) is 72.1 Å². The molecule has 4 nitrogen and oxygen atoms in total. The second-order valence-corrected chi connectivity index (χ2v) is 6.08. The smallest absolute Gasteiger partial charge is 0.141 e. The standard InChI is InChI=1S/C19H13FN4S/c20-15-7-3-6-14(19(15)17-10-23-18(21)11-22-17)12-4-1-2-5-13(12)16-8-9-25-24-16/h1-11H,(H2,21,23). The Hall–Kier alpha value is -3.12. The maximum absolute atomic E-state index is 14.7. The molecule has 0 atom stereocenters. The number of nitrogen functional groups attached to an aromatic ring is 1.